The maximum atomic E-state index is 11.3. The van der Waals surface area contributed by atoms with Crippen LogP contribution in [0.3, 0.4) is 0 Å². The number of nitrogens with one attached hydrogen (secondary N) is 1. The fourth-order valence-electron chi connectivity index (χ4n) is 1.27. The van der Waals surface area contributed by atoms with Gasteiger partial charge in [-0.1, -0.05) is 17.7 Å². The molecule has 1 heterocycles. The molecule has 0 fully saturated rings. The number of Topliss-reactive ketones (excluding diaryl/α,β-unsaturated/α-hetero) is 1. The SMILES string of the molecule is NCC(=O)c1ccc2c(Cl)[nH]nc2c1. The number of ketones is 1. The smallest absolute Gasteiger partial charge is 0.176 e. The maximum Gasteiger partial charge on any atom is 0.176 e. The number of hydrogen-bond acceptors (Lipinski definition) is 3. The lowest BCUT2D eigenvalue weighted by Gasteiger charge is -1.96. The summed E-state index contributed by atoms with van der Waals surface area (Å²) in [6.07, 6.45) is 0. The average molecular weight is 210 g/mol. The Morgan fingerprint density at radius 1 is 1.57 bits per heavy atom. The highest BCUT2D eigenvalue weighted by molar-refractivity contribution is 6.34. The van der Waals surface area contributed by atoms with Gasteiger partial charge in [0.15, 0.2) is 5.78 Å². The van der Waals surface area contributed by atoms with E-state index in [4.69, 9.17) is 17.3 Å². The van der Waals surface area contributed by atoms with Crippen molar-refractivity contribution in [1.82, 2.24) is 10.2 Å². The Morgan fingerprint density at radius 3 is 3.07 bits per heavy atom. The number of carbonyl (C=O) groups excluding carboxylic acids is 1. The van der Waals surface area contributed by atoms with Crippen LogP contribution in [0, 0.1) is 0 Å². The molecule has 0 bridgehead atoms. The van der Waals surface area contributed by atoms with Crippen molar-refractivity contribution in [3.8, 4) is 0 Å². The quantitative estimate of drug-likeness (QED) is 0.734. The summed E-state index contributed by atoms with van der Waals surface area (Å²) in [5.74, 6) is -0.106. The highest BCUT2D eigenvalue weighted by Gasteiger charge is 2.07. The minimum Gasteiger partial charge on any atom is -0.324 e. The molecule has 72 valence electrons. The molecule has 0 saturated carbocycles. The van der Waals surface area contributed by atoms with Crippen molar-refractivity contribution in [2.75, 3.05) is 6.54 Å². The van der Waals surface area contributed by atoms with Gasteiger partial charge >= 0.3 is 0 Å². The average Bonchev–Trinajstić information content (AvgIpc) is 2.59. The lowest BCUT2D eigenvalue weighted by molar-refractivity contribution is 0.100. The van der Waals surface area contributed by atoms with Gasteiger partial charge in [-0.05, 0) is 12.1 Å². The number of halogens is 1. The molecule has 0 saturated heterocycles. The molecule has 3 N–H and O–H groups in total. The number of nitrogens with two attached hydrogens (primary N) is 1. The fourth-order valence-corrected chi connectivity index (χ4v) is 1.47. The second-order valence-corrected chi connectivity index (χ2v) is 3.27. The van der Waals surface area contributed by atoms with Crippen LogP contribution >= 0.6 is 11.6 Å². The van der Waals surface area contributed by atoms with Crippen molar-refractivity contribution in [3.63, 3.8) is 0 Å². The number of benzene rings is 1. The number of nitrogens with zero attached hydrogens (tertiary/aromatic N) is 1. The number of carbonyl (C=O) groups is 1. The van der Waals surface area contributed by atoms with Crippen LogP contribution in [0.1, 0.15) is 10.4 Å². The minimum atomic E-state index is -0.106. The van der Waals surface area contributed by atoms with E-state index in [9.17, 15) is 4.79 Å². The Balaban J connectivity index is 2.57. The second-order valence-electron chi connectivity index (χ2n) is 2.90. The van der Waals surface area contributed by atoms with Gasteiger partial charge in [-0.2, -0.15) is 5.10 Å². The zero-order valence-corrected chi connectivity index (χ0v) is 8.01. The summed E-state index contributed by atoms with van der Waals surface area (Å²) in [5, 5.41) is 7.86. The molecule has 5 heteroatoms. The van der Waals surface area contributed by atoms with E-state index in [2.05, 4.69) is 10.2 Å². The van der Waals surface area contributed by atoms with E-state index in [1.165, 1.54) is 0 Å². The maximum absolute atomic E-state index is 11.3. The minimum absolute atomic E-state index is 0.00363. The number of rotatable bonds is 2. The number of fused-ring (bicyclic) bond motifs is 1. The lowest BCUT2D eigenvalue weighted by atomic mass is 10.1. The van der Waals surface area contributed by atoms with Crippen molar-refractivity contribution in [2.45, 2.75) is 0 Å². The first-order chi connectivity index (χ1) is 6.72. The molecular formula is C9H8ClN3O. The largest absolute Gasteiger partial charge is 0.324 e. The van der Waals surface area contributed by atoms with Gasteiger partial charge < -0.3 is 5.73 Å². The van der Waals surface area contributed by atoms with Crippen LogP contribution in [0.15, 0.2) is 18.2 Å². The first-order valence-electron chi connectivity index (χ1n) is 4.09. The highest BCUT2D eigenvalue weighted by atomic mass is 35.5. The number of aromatic amines is 1. The molecule has 2 rings (SSSR count). The summed E-state index contributed by atoms with van der Waals surface area (Å²) in [6.45, 7) is 0.00363. The summed E-state index contributed by atoms with van der Waals surface area (Å²) in [4.78, 5) is 11.3. The van der Waals surface area contributed by atoms with Gasteiger partial charge in [0.25, 0.3) is 0 Å². The Kier molecular flexibility index (Phi) is 2.23. The van der Waals surface area contributed by atoms with Crippen LogP contribution in [0.5, 0.6) is 0 Å². The molecule has 0 radical (unpaired) electrons. The van der Waals surface area contributed by atoms with E-state index in [-0.39, 0.29) is 12.3 Å². The Hall–Kier alpha value is -1.39. The molecule has 1 aromatic heterocycles. The number of H-pyrrole nitrogens is 1. The predicted octanol–water partition coefficient (Wildman–Crippen LogP) is 1.36. The van der Waals surface area contributed by atoms with Crippen LogP contribution in [0.25, 0.3) is 10.9 Å². The lowest BCUT2D eigenvalue weighted by Crippen LogP contribution is -2.13. The monoisotopic (exact) mass is 209 g/mol. The zero-order valence-electron chi connectivity index (χ0n) is 7.25. The van der Waals surface area contributed by atoms with Gasteiger partial charge in [-0.15, -0.1) is 0 Å². The number of aromatic nitrogens is 2. The van der Waals surface area contributed by atoms with Gasteiger partial charge in [-0.3, -0.25) is 9.89 Å². The van der Waals surface area contributed by atoms with Crippen molar-refractivity contribution in [3.05, 3.63) is 28.9 Å². The molecule has 2 aromatic rings. The molecule has 0 unspecified atom stereocenters. The van der Waals surface area contributed by atoms with Gasteiger partial charge in [0, 0.05) is 10.9 Å². The van der Waals surface area contributed by atoms with Gasteiger partial charge in [0.1, 0.15) is 5.15 Å². The van der Waals surface area contributed by atoms with Crippen LogP contribution in [-0.2, 0) is 0 Å². The summed E-state index contributed by atoms with van der Waals surface area (Å²) in [5.41, 5.74) is 6.48. The van der Waals surface area contributed by atoms with Crippen molar-refractivity contribution >= 4 is 28.3 Å². The topological polar surface area (TPSA) is 71.8 Å². The van der Waals surface area contributed by atoms with E-state index >= 15 is 0 Å². The summed E-state index contributed by atoms with van der Waals surface area (Å²) in [7, 11) is 0. The Morgan fingerprint density at radius 2 is 2.36 bits per heavy atom. The van der Waals surface area contributed by atoms with Crippen LogP contribution in [0.4, 0.5) is 0 Å². The van der Waals surface area contributed by atoms with E-state index < -0.39 is 0 Å². The summed E-state index contributed by atoms with van der Waals surface area (Å²) in [6, 6.07) is 5.12. The zero-order chi connectivity index (χ0) is 10.1. The van der Waals surface area contributed by atoms with Gasteiger partial charge in [0.2, 0.25) is 0 Å². The van der Waals surface area contributed by atoms with Gasteiger partial charge in [0.05, 0.1) is 12.1 Å². The van der Waals surface area contributed by atoms with Crippen molar-refractivity contribution in [2.24, 2.45) is 5.73 Å². The molecule has 1 aromatic carbocycles. The highest BCUT2D eigenvalue weighted by Crippen LogP contribution is 2.21. The third kappa shape index (κ3) is 1.38. The summed E-state index contributed by atoms with van der Waals surface area (Å²) >= 11 is 5.81. The van der Waals surface area contributed by atoms with E-state index in [1.54, 1.807) is 18.2 Å². The predicted molar refractivity (Wildman–Crippen MR) is 54.5 cm³/mol. The molecule has 0 aliphatic carbocycles. The first-order valence-corrected chi connectivity index (χ1v) is 4.47. The van der Waals surface area contributed by atoms with Gasteiger partial charge in [-0.25, -0.2) is 0 Å². The van der Waals surface area contributed by atoms with Crippen molar-refractivity contribution in [1.29, 1.82) is 0 Å². The molecule has 0 aliphatic rings. The fraction of sp³-hybridized carbons (Fsp3) is 0.111. The third-order valence-electron chi connectivity index (χ3n) is 2.02. The Bertz CT molecular complexity index is 492. The van der Waals surface area contributed by atoms with E-state index in [0.29, 0.717) is 16.2 Å². The standard InChI is InChI=1S/C9H8ClN3O/c10-9-6-2-1-5(8(14)4-11)3-7(6)12-13-9/h1-3H,4,11H2,(H,12,13). The normalized spacial score (nSPS) is 10.7. The van der Waals surface area contributed by atoms with E-state index in [1.807, 2.05) is 0 Å². The second kappa shape index (κ2) is 3.40. The molecule has 0 amide bonds. The third-order valence-corrected chi connectivity index (χ3v) is 2.30. The first kappa shape index (κ1) is 9.18. The molecule has 0 atom stereocenters. The van der Waals surface area contributed by atoms with E-state index in [0.717, 1.165) is 5.39 Å². The molecule has 4 nitrogen and oxygen atoms in total. The van der Waals surface area contributed by atoms with Crippen LogP contribution < -0.4 is 5.73 Å². The molecule has 0 spiro atoms. The van der Waals surface area contributed by atoms with Crippen LogP contribution in [0.2, 0.25) is 5.15 Å². The number of hydrogen-bond donors (Lipinski definition) is 2. The molecule has 14 heavy (non-hydrogen) atoms. The van der Waals surface area contributed by atoms with Crippen LogP contribution in [-0.4, -0.2) is 22.5 Å². The summed E-state index contributed by atoms with van der Waals surface area (Å²) < 4.78 is 0. The molecule has 0 aliphatic heterocycles. The Labute approximate surface area is 85.0 Å². The molecular weight excluding hydrogens is 202 g/mol. The van der Waals surface area contributed by atoms with Crippen molar-refractivity contribution < 1.29 is 4.79 Å².